The second-order valence-corrected chi connectivity index (χ2v) is 4.34. The number of methoxy groups -OCH3 is 1. The Balaban J connectivity index is 2.70. The van der Waals surface area contributed by atoms with E-state index in [4.69, 9.17) is 17.0 Å². The summed E-state index contributed by atoms with van der Waals surface area (Å²) in [7, 11) is 1.68. The van der Waals surface area contributed by atoms with Gasteiger partial charge in [-0.2, -0.15) is 0 Å². The molecular formula is C13H16N2OS. The van der Waals surface area contributed by atoms with E-state index >= 15 is 0 Å². The molecule has 0 aliphatic heterocycles. The molecule has 2 aromatic rings. The van der Waals surface area contributed by atoms with Crippen LogP contribution < -0.4 is 4.74 Å². The predicted octanol–water partition coefficient (Wildman–Crippen LogP) is 3.41. The summed E-state index contributed by atoms with van der Waals surface area (Å²) in [4.78, 5) is 3.08. The maximum Gasteiger partial charge on any atom is 0.182 e. The third-order valence-corrected chi connectivity index (χ3v) is 3.09. The summed E-state index contributed by atoms with van der Waals surface area (Å²) in [6.45, 7) is 4.17. The van der Waals surface area contributed by atoms with Gasteiger partial charge in [0.25, 0.3) is 0 Å². The maximum atomic E-state index is 5.40. The average Bonchev–Trinajstić information content (AvgIpc) is 2.70. The first-order chi connectivity index (χ1) is 8.17. The fourth-order valence-corrected chi connectivity index (χ4v) is 2.18. The number of aromatic amines is 1. The lowest BCUT2D eigenvalue weighted by Gasteiger charge is -2.12. The molecule has 0 radical (unpaired) electrons. The van der Waals surface area contributed by atoms with E-state index in [1.807, 2.05) is 22.9 Å². The first kappa shape index (κ1) is 11.9. The number of H-pyrrole nitrogens is 1. The molecule has 0 unspecified atom stereocenters. The van der Waals surface area contributed by atoms with Crippen molar-refractivity contribution in [2.24, 2.45) is 0 Å². The molecule has 1 heterocycles. The zero-order valence-electron chi connectivity index (χ0n) is 10.3. The fourth-order valence-electron chi connectivity index (χ4n) is 1.90. The highest BCUT2D eigenvalue weighted by Crippen LogP contribution is 2.25. The summed E-state index contributed by atoms with van der Waals surface area (Å²) in [5.74, 6) is 0.834. The van der Waals surface area contributed by atoms with Crippen LogP contribution in [-0.4, -0.2) is 16.7 Å². The summed E-state index contributed by atoms with van der Waals surface area (Å²) in [6.07, 6.45) is 2.87. The molecule has 0 aliphatic rings. The Morgan fingerprint density at radius 2 is 2.18 bits per heavy atom. The van der Waals surface area contributed by atoms with Crippen molar-refractivity contribution in [1.29, 1.82) is 0 Å². The Kier molecular flexibility index (Phi) is 3.33. The van der Waals surface area contributed by atoms with Crippen LogP contribution in [0.5, 0.6) is 5.75 Å². The predicted molar refractivity (Wildman–Crippen MR) is 71.6 cm³/mol. The SMILES string of the molecule is CCc1c[nH]c(=S)n1-c1cc(C)ccc1OC. The highest BCUT2D eigenvalue weighted by atomic mass is 32.1. The topological polar surface area (TPSA) is 29.9 Å². The molecule has 0 atom stereocenters. The van der Waals surface area contributed by atoms with Crippen LogP contribution in [0, 0.1) is 11.7 Å². The lowest BCUT2D eigenvalue weighted by atomic mass is 10.2. The lowest BCUT2D eigenvalue weighted by Crippen LogP contribution is -2.02. The van der Waals surface area contributed by atoms with Gasteiger partial charge in [-0.05, 0) is 43.3 Å². The molecule has 1 N–H and O–H groups in total. The van der Waals surface area contributed by atoms with E-state index < -0.39 is 0 Å². The molecule has 2 rings (SSSR count). The largest absolute Gasteiger partial charge is 0.495 e. The minimum atomic E-state index is 0.700. The van der Waals surface area contributed by atoms with Gasteiger partial charge in [-0.3, -0.25) is 4.57 Å². The maximum absolute atomic E-state index is 5.40. The smallest absolute Gasteiger partial charge is 0.182 e. The summed E-state index contributed by atoms with van der Waals surface area (Å²) in [5, 5.41) is 0. The molecular weight excluding hydrogens is 232 g/mol. The van der Waals surface area contributed by atoms with Crippen LogP contribution in [0.2, 0.25) is 0 Å². The zero-order valence-corrected chi connectivity index (χ0v) is 11.1. The Morgan fingerprint density at radius 3 is 2.82 bits per heavy atom. The molecule has 1 aromatic carbocycles. The summed E-state index contributed by atoms with van der Waals surface area (Å²) in [6, 6.07) is 6.09. The van der Waals surface area contributed by atoms with Crippen LogP contribution in [0.4, 0.5) is 0 Å². The molecule has 3 nitrogen and oxygen atoms in total. The third-order valence-electron chi connectivity index (χ3n) is 2.79. The number of nitrogens with one attached hydrogen (secondary N) is 1. The van der Waals surface area contributed by atoms with Gasteiger partial charge in [0.15, 0.2) is 4.77 Å². The molecule has 0 spiro atoms. The van der Waals surface area contributed by atoms with Crippen molar-refractivity contribution >= 4 is 12.2 Å². The number of aryl methyl sites for hydroxylation is 2. The number of benzene rings is 1. The van der Waals surface area contributed by atoms with Gasteiger partial charge in [0.05, 0.1) is 12.8 Å². The van der Waals surface area contributed by atoms with E-state index in [0.717, 1.165) is 23.6 Å². The van der Waals surface area contributed by atoms with Crippen LogP contribution in [0.15, 0.2) is 24.4 Å². The highest BCUT2D eigenvalue weighted by Gasteiger charge is 2.10. The second-order valence-electron chi connectivity index (χ2n) is 3.95. The molecule has 4 heteroatoms. The Labute approximate surface area is 106 Å². The Morgan fingerprint density at radius 1 is 1.41 bits per heavy atom. The van der Waals surface area contributed by atoms with Crippen molar-refractivity contribution in [3.63, 3.8) is 0 Å². The fraction of sp³-hybridized carbons (Fsp3) is 0.308. The van der Waals surface area contributed by atoms with Crippen molar-refractivity contribution in [3.05, 3.63) is 40.4 Å². The molecule has 17 heavy (non-hydrogen) atoms. The summed E-state index contributed by atoms with van der Waals surface area (Å²) in [5.41, 5.74) is 3.33. The summed E-state index contributed by atoms with van der Waals surface area (Å²) >= 11 is 5.32. The van der Waals surface area contributed by atoms with E-state index in [1.165, 1.54) is 5.56 Å². The summed E-state index contributed by atoms with van der Waals surface area (Å²) < 4.78 is 8.13. The molecule has 90 valence electrons. The van der Waals surface area contributed by atoms with Crippen molar-refractivity contribution in [3.8, 4) is 11.4 Å². The normalized spacial score (nSPS) is 10.5. The first-order valence-electron chi connectivity index (χ1n) is 5.61. The van der Waals surface area contributed by atoms with Gasteiger partial charge in [0, 0.05) is 11.9 Å². The molecule has 0 amide bonds. The Hall–Kier alpha value is -1.55. The van der Waals surface area contributed by atoms with Gasteiger partial charge in [-0.25, -0.2) is 0 Å². The van der Waals surface area contributed by atoms with E-state index in [2.05, 4.69) is 24.9 Å². The van der Waals surface area contributed by atoms with Crippen LogP contribution in [-0.2, 0) is 6.42 Å². The molecule has 0 fully saturated rings. The molecule has 0 bridgehead atoms. The van der Waals surface area contributed by atoms with Gasteiger partial charge in [-0.15, -0.1) is 0 Å². The number of nitrogens with zero attached hydrogens (tertiary/aromatic N) is 1. The van der Waals surface area contributed by atoms with Crippen molar-refractivity contribution in [2.45, 2.75) is 20.3 Å². The molecule has 0 aliphatic carbocycles. The van der Waals surface area contributed by atoms with Crippen LogP contribution in [0.1, 0.15) is 18.2 Å². The zero-order chi connectivity index (χ0) is 12.4. The van der Waals surface area contributed by atoms with Gasteiger partial charge in [-0.1, -0.05) is 13.0 Å². The second kappa shape index (κ2) is 4.75. The van der Waals surface area contributed by atoms with Crippen molar-refractivity contribution in [2.75, 3.05) is 7.11 Å². The van der Waals surface area contributed by atoms with E-state index in [1.54, 1.807) is 7.11 Å². The van der Waals surface area contributed by atoms with Crippen molar-refractivity contribution in [1.82, 2.24) is 9.55 Å². The van der Waals surface area contributed by atoms with Crippen LogP contribution in [0.25, 0.3) is 5.69 Å². The first-order valence-corrected chi connectivity index (χ1v) is 6.02. The number of aromatic nitrogens is 2. The van der Waals surface area contributed by atoms with E-state index in [0.29, 0.717) is 4.77 Å². The van der Waals surface area contributed by atoms with Gasteiger partial charge in [0.2, 0.25) is 0 Å². The standard InChI is InChI=1S/C13H16N2OS/c1-4-10-8-14-13(17)15(10)11-7-9(2)5-6-12(11)16-3/h5-8H,4H2,1-3H3,(H,14,17). The average molecular weight is 248 g/mol. The number of ether oxygens (including phenoxy) is 1. The number of hydrogen-bond acceptors (Lipinski definition) is 2. The minimum absolute atomic E-state index is 0.700. The number of imidazole rings is 1. The molecule has 1 aromatic heterocycles. The van der Waals surface area contributed by atoms with Crippen molar-refractivity contribution < 1.29 is 4.74 Å². The van der Waals surface area contributed by atoms with Crippen LogP contribution in [0.3, 0.4) is 0 Å². The van der Waals surface area contributed by atoms with Gasteiger partial charge < -0.3 is 9.72 Å². The monoisotopic (exact) mass is 248 g/mol. The minimum Gasteiger partial charge on any atom is -0.495 e. The third kappa shape index (κ3) is 2.13. The van der Waals surface area contributed by atoms with E-state index in [9.17, 15) is 0 Å². The highest BCUT2D eigenvalue weighted by molar-refractivity contribution is 7.71. The van der Waals surface area contributed by atoms with Gasteiger partial charge in [0.1, 0.15) is 5.75 Å². The van der Waals surface area contributed by atoms with E-state index in [-0.39, 0.29) is 0 Å². The molecule has 0 saturated heterocycles. The lowest BCUT2D eigenvalue weighted by molar-refractivity contribution is 0.412. The van der Waals surface area contributed by atoms with Crippen LogP contribution >= 0.6 is 12.2 Å². The van der Waals surface area contributed by atoms with Gasteiger partial charge >= 0.3 is 0 Å². The number of hydrogen-bond donors (Lipinski definition) is 1. The quantitative estimate of drug-likeness (QED) is 0.844. The Bertz CT molecular complexity index is 583. The number of rotatable bonds is 3. The molecule has 0 saturated carbocycles.